The Hall–Kier alpha value is -1.78. The summed E-state index contributed by atoms with van der Waals surface area (Å²) in [5.74, 6) is -0.424. The molecule has 1 saturated carbocycles. The zero-order chi connectivity index (χ0) is 30.9. The molecule has 0 spiro atoms. The third-order valence-corrected chi connectivity index (χ3v) is 11.5. The summed E-state index contributed by atoms with van der Waals surface area (Å²) >= 11 is 0. The summed E-state index contributed by atoms with van der Waals surface area (Å²) in [7, 11) is -3.42. The number of hydrogen-bond donors (Lipinski definition) is 1. The fourth-order valence-electron chi connectivity index (χ4n) is 7.69. The van der Waals surface area contributed by atoms with Crippen molar-refractivity contribution >= 4 is 21.6 Å². The Labute approximate surface area is 244 Å². The first kappa shape index (κ1) is 34.4. The van der Waals surface area contributed by atoms with E-state index in [1.165, 1.54) is 6.26 Å². The lowest BCUT2D eigenvalue weighted by atomic mass is 9.44. The lowest BCUT2D eigenvalue weighted by Gasteiger charge is -2.59. The standard InChI is InChI=1S/C33H54N2O4S/c1-12-14-29(4,5)16-18-31(8,35-40(11,38)39)19-17-30(6,7)33(10)15-13-26-24(3)28(37)25(22-34)21-32(26,9)27(33)20-23(2)36/h20-21,24,26,35H,12-19H2,1-11H3/b27-20-/t24-,26-,31-,32-,33+/m0/s1. The topological polar surface area (TPSA) is 104 Å². The Kier molecular flexibility index (Phi) is 10.2. The van der Waals surface area contributed by atoms with E-state index in [0.29, 0.717) is 6.42 Å². The Morgan fingerprint density at radius 1 is 1.12 bits per heavy atom. The van der Waals surface area contributed by atoms with Gasteiger partial charge in [-0.3, -0.25) is 9.59 Å². The molecule has 2 rings (SSSR count). The van der Waals surface area contributed by atoms with Crippen molar-refractivity contribution in [1.82, 2.24) is 4.72 Å². The van der Waals surface area contributed by atoms with Crippen LogP contribution in [0.1, 0.15) is 121 Å². The number of allylic oxidation sites excluding steroid dienone is 4. The summed E-state index contributed by atoms with van der Waals surface area (Å²) in [6.45, 7) is 20.9. The van der Waals surface area contributed by atoms with Crippen LogP contribution in [0.25, 0.3) is 0 Å². The highest BCUT2D eigenvalue weighted by Gasteiger charge is 2.58. The minimum absolute atomic E-state index is 0.0181. The van der Waals surface area contributed by atoms with Gasteiger partial charge in [0.25, 0.3) is 0 Å². The molecule has 7 heteroatoms. The minimum atomic E-state index is -3.42. The number of ketones is 2. The molecular formula is C33H54N2O4S. The molecule has 0 radical (unpaired) electrons. The molecule has 0 amide bonds. The van der Waals surface area contributed by atoms with Gasteiger partial charge < -0.3 is 0 Å². The molecule has 2 aliphatic rings. The zero-order valence-electron chi connectivity index (χ0n) is 27.0. The Morgan fingerprint density at radius 2 is 1.70 bits per heavy atom. The van der Waals surface area contributed by atoms with Crippen molar-refractivity contribution in [2.24, 2.45) is 33.5 Å². The van der Waals surface area contributed by atoms with Crippen LogP contribution in [0.15, 0.2) is 23.3 Å². The maximum absolute atomic E-state index is 12.9. The summed E-state index contributed by atoms with van der Waals surface area (Å²) in [5.41, 5.74) is -0.586. The molecule has 0 aromatic rings. The number of fused-ring (bicyclic) bond motifs is 1. The van der Waals surface area contributed by atoms with Gasteiger partial charge in [0.2, 0.25) is 10.0 Å². The van der Waals surface area contributed by atoms with E-state index in [0.717, 1.165) is 50.5 Å². The number of Topliss-reactive ketones (excluding diaryl/α,β-unsaturated/α-hetero) is 1. The third kappa shape index (κ3) is 7.34. The number of nitrogens with zero attached hydrogens (tertiary/aromatic N) is 1. The molecule has 0 aromatic carbocycles. The maximum Gasteiger partial charge on any atom is 0.209 e. The molecule has 6 nitrogen and oxygen atoms in total. The molecule has 1 N–H and O–H groups in total. The van der Waals surface area contributed by atoms with Crippen LogP contribution in [0.5, 0.6) is 0 Å². The number of sulfonamides is 1. The fourth-order valence-corrected chi connectivity index (χ4v) is 8.79. The molecule has 0 aromatic heterocycles. The second kappa shape index (κ2) is 11.8. The van der Waals surface area contributed by atoms with E-state index in [1.807, 2.05) is 19.9 Å². The first-order valence-corrected chi connectivity index (χ1v) is 16.8. The van der Waals surface area contributed by atoms with E-state index < -0.39 is 26.4 Å². The van der Waals surface area contributed by atoms with Crippen molar-refractivity contribution in [3.63, 3.8) is 0 Å². The lowest BCUT2D eigenvalue weighted by Crippen LogP contribution is -2.53. The van der Waals surface area contributed by atoms with Crippen molar-refractivity contribution in [1.29, 1.82) is 5.26 Å². The Morgan fingerprint density at radius 3 is 2.20 bits per heavy atom. The van der Waals surface area contributed by atoms with Gasteiger partial charge in [-0.2, -0.15) is 5.26 Å². The first-order valence-electron chi connectivity index (χ1n) is 15.0. The highest BCUT2D eigenvalue weighted by atomic mass is 32.2. The van der Waals surface area contributed by atoms with Crippen LogP contribution in [-0.4, -0.2) is 31.8 Å². The smallest absolute Gasteiger partial charge is 0.209 e. The molecule has 2 aliphatic carbocycles. The van der Waals surface area contributed by atoms with Crippen LogP contribution in [0.2, 0.25) is 0 Å². The molecular weight excluding hydrogens is 520 g/mol. The molecule has 40 heavy (non-hydrogen) atoms. The van der Waals surface area contributed by atoms with Gasteiger partial charge in [0.1, 0.15) is 6.07 Å². The van der Waals surface area contributed by atoms with Gasteiger partial charge in [0, 0.05) is 16.9 Å². The van der Waals surface area contributed by atoms with Crippen LogP contribution in [-0.2, 0) is 19.6 Å². The second-order valence-electron chi connectivity index (χ2n) is 15.0. The van der Waals surface area contributed by atoms with Crippen LogP contribution in [0, 0.1) is 44.8 Å². The highest BCUT2D eigenvalue weighted by Crippen LogP contribution is 2.65. The van der Waals surface area contributed by atoms with Crippen molar-refractivity contribution < 1.29 is 18.0 Å². The molecule has 226 valence electrons. The van der Waals surface area contributed by atoms with E-state index in [1.54, 1.807) is 13.0 Å². The van der Waals surface area contributed by atoms with Gasteiger partial charge in [-0.25, -0.2) is 13.1 Å². The summed E-state index contributed by atoms with van der Waals surface area (Å²) in [4.78, 5) is 25.5. The number of rotatable bonds is 12. The molecule has 0 heterocycles. The maximum atomic E-state index is 12.9. The molecule has 0 saturated heterocycles. The Bertz CT molecular complexity index is 1210. The van der Waals surface area contributed by atoms with E-state index in [4.69, 9.17) is 0 Å². The number of carbonyl (C=O) groups excluding carboxylic acids is 2. The van der Waals surface area contributed by atoms with Crippen molar-refractivity contribution in [3.8, 4) is 6.07 Å². The van der Waals surface area contributed by atoms with Gasteiger partial charge in [-0.15, -0.1) is 0 Å². The number of hydrogen-bond acceptors (Lipinski definition) is 5. The summed E-state index contributed by atoms with van der Waals surface area (Å²) in [5, 5.41) is 9.77. The minimum Gasteiger partial charge on any atom is -0.295 e. The van der Waals surface area contributed by atoms with Gasteiger partial charge in [-0.1, -0.05) is 73.5 Å². The molecule has 1 fully saturated rings. The van der Waals surface area contributed by atoms with Crippen molar-refractivity contribution in [2.75, 3.05) is 6.26 Å². The van der Waals surface area contributed by atoms with Gasteiger partial charge >= 0.3 is 0 Å². The van der Waals surface area contributed by atoms with Crippen molar-refractivity contribution in [2.45, 2.75) is 126 Å². The molecule has 0 bridgehead atoms. The van der Waals surface area contributed by atoms with Crippen LogP contribution < -0.4 is 4.72 Å². The van der Waals surface area contributed by atoms with E-state index in [2.05, 4.69) is 59.3 Å². The van der Waals surface area contributed by atoms with Crippen LogP contribution in [0.3, 0.4) is 0 Å². The number of carbonyl (C=O) groups is 2. The largest absolute Gasteiger partial charge is 0.295 e. The fraction of sp³-hybridized carbons (Fsp3) is 0.788. The zero-order valence-corrected chi connectivity index (χ0v) is 27.8. The molecule has 0 unspecified atom stereocenters. The average molecular weight is 575 g/mol. The molecule has 5 atom stereocenters. The number of nitriles is 1. The first-order chi connectivity index (χ1) is 18.1. The SMILES string of the molecule is CCCC(C)(C)CC[C@@](C)(CCC(C)(C)[C@]1(C)CC[C@H]2[C@H](C)C(=O)C(C#N)=C[C@]2(C)/C1=C/C(C)=O)NS(C)(=O)=O. The van der Waals surface area contributed by atoms with Crippen LogP contribution >= 0.6 is 0 Å². The quantitative estimate of drug-likeness (QED) is 0.246. The lowest BCUT2D eigenvalue weighted by molar-refractivity contribution is -0.123. The van der Waals surface area contributed by atoms with Crippen LogP contribution in [0.4, 0.5) is 0 Å². The predicted molar refractivity (Wildman–Crippen MR) is 163 cm³/mol. The van der Waals surface area contributed by atoms with Gasteiger partial charge in [0.15, 0.2) is 11.6 Å². The monoisotopic (exact) mass is 574 g/mol. The van der Waals surface area contributed by atoms with E-state index >= 15 is 0 Å². The molecule has 0 aliphatic heterocycles. The Balaban J connectivity index is 2.52. The predicted octanol–water partition coefficient (Wildman–Crippen LogP) is 7.31. The highest BCUT2D eigenvalue weighted by molar-refractivity contribution is 7.88. The third-order valence-electron chi connectivity index (χ3n) is 10.6. The second-order valence-corrected chi connectivity index (χ2v) is 16.7. The summed E-state index contributed by atoms with van der Waals surface area (Å²) in [6, 6.07) is 2.12. The summed E-state index contributed by atoms with van der Waals surface area (Å²) in [6.07, 6.45) is 11.7. The number of nitrogens with one attached hydrogen (secondary N) is 1. The van der Waals surface area contributed by atoms with Gasteiger partial charge in [-0.05, 0) is 87.0 Å². The normalized spacial score (nSPS) is 30.3. The van der Waals surface area contributed by atoms with E-state index in [9.17, 15) is 23.3 Å². The van der Waals surface area contributed by atoms with Crippen molar-refractivity contribution in [3.05, 3.63) is 23.3 Å². The average Bonchev–Trinajstić information content (AvgIpc) is 2.80. The summed E-state index contributed by atoms with van der Waals surface area (Å²) < 4.78 is 27.9. The van der Waals surface area contributed by atoms with Gasteiger partial charge in [0.05, 0.1) is 11.8 Å². The van der Waals surface area contributed by atoms with E-state index in [-0.39, 0.29) is 39.8 Å².